The summed E-state index contributed by atoms with van der Waals surface area (Å²) in [5.74, 6) is 1.57. The van der Waals surface area contributed by atoms with Crippen molar-refractivity contribution in [1.29, 1.82) is 5.26 Å². The van der Waals surface area contributed by atoms with Crippen LogP contribution in [0.25, 0.3) is 5.69 Å². The molecule has 2 aromatic rings. The lowest BCUT2D eigenvalue weighted by Crippen LogP contribution is -2.31. The van der Waals surface area contributed by atoms with E-state index in [1.165, 1.54) is 19.3 Å². The van der Waals surface area contributed by atoms with Gasteiger partial charge in [0.05, 0.1) is 18.2 Å². The second-order valence-corrected chi connectivity index (χ2v) is 4.97. The molecule has 20 heavy (non-hydrogen) atoms. The molecule has 102 valence electrons. The number of hydrogen-bond acceptors (Lipinski definition) is 4. The Bertz CT molecular complexity index is 605. The number of para-hydroxylation sites is 1. The fourth-order valence-corrected chi connectivity index (χ4v) is 2.63. The number of nitriles is 1. The summed E-state index contributed by atoms with van der Waals surface area (Å²) in [7, 11) is 0. The third kappa shape index (κ3) is 2.37. The molecular formula is C15H17N5. The molecule has 0 unspecified atom stereocenters. The van der Waals surface area contributed by atoms with Crippen LogP contribution in [-0.4, -0.2) is 27.9 Å². The molecule has 1 aromatic carbocycles. The Kier molecular flexibility index (Phi) is 3.64. The molecule has 5 heteroatoms. The molecule has 1 aromatic heterocycles. The van der Waals surface area contributed by atoms with Crippen LogP contribution < -0.4 is 4.90 Å². The zero-order chi connectivity index (χ0) is 13.8. The fraction of sp³-hybridized carbons (Fsp3) is 0.400. The van der Waals surface area contributed by atoms with E-state index in [4.69, 9.17) is 5.26 Å². The number of aromatic nitrogens is 3. The monoisotopic (exact) mass is 267 g/mol. The van der Waals surface area contributed by atoms with Gasteiger partial charge >= 0.3 is 0 Å². The Hall–Kier alpha value is -2.35. The lowest BCUT2D eigenvalue weighted by Gasteiger charge is -2.27. The van der Waals surface area contributed by atoms with E-state index in [0.29, 0.717) is 5.82 Å². The average molecular weight is 267 g/mol. The highest BCUT2D eigenvalue weighted by atomic mass is 15.4. The first-order chi connectivity index (χ1) is 9.90. The van der Waals surface area contributed by atoms with Crippen molar-refractivity contribution in [3.63, 3.8) is 0 Å². The summed E-state index contributed by atoms with van der Waals surface area (Å²) in [5, 5.41) is 17.5. The molecule has 0 aliphatic carbocycles. The van der Waals surface area contributed by atoms with Gasteiger partial charge in [-0.25, -0.2) is 0 Å². The average Bonchev–Trinajstić information content (AvgIpc) is 2.93. The Morgan fingerprint density at radius 3 is 2.50 bits per heavy atom. The van der Waals surface area contributed by atoms with E-state index >= 15 is 0 Å². The lowest BCUT2D eigenvalue weighted by molar-refractivity contribution is 0.565. The quantitative estimate of drug-likeness (QED) is 0.856. The smallest absolute Gasteiger partial charge is 0.231 e. The molecule has 1 fully saturated rings. The second-order valence-electron chi connectivity index (χ2n) is 4.97. The minimum absolute atomic E-state index is 0.274. The van der Waals surface area contributed by atoms with Crippen molar-refractivity contribution in [2.24, 2.45) is 0 Å². The van der Waals surface area contributed by atoms with Gasteiger partial charge in [-0.3, -0.25) is 4.57 Å². The van der Waals surface area contributed by atoms with Crippen LogP contribution in [0.5, 0.6) is 0 Å². The summed E-state index contributed by atoms with van der Waals surface area (Å²) >= 11 is 0. The second kappa shape index (κ2) is 5.74. The zero-order valence-corrected chi connectivity index (χ0v) is 11.4. The Labute approximate surface area is 118 Å². The van der Waals surface area contributed by atoms with E-state index in [1.54, 1.807) is 0 Å². The first-order valence-corrected chi connectivity index (χ1v) is 7.02. The van der Waals surface area contributed by atoms with Crippen LogP contribution in [0.3, 0.4) is 0 Å². The third-order valence-corrected chi connectivity index (χ3v) is 3.60. The molecule has 0 amide bonds. The van der Waals surface area contributed by atoms with E-state index in [9.17, 15) is 0 Å². The molecule has 0 spiro atoms. The van der Waals surface area contributed by atoms with Crippen LogP contribution in [0.15, 0.2) is 30.3 Å². The van der Waals surface area contributed by atoms with Crippen molar-refractivity contribution in [3.05, 3.63) is 36.2 Å². The highest BCUT2D eigenvalue weighted by Crippen LogP contribution is 2.23. The topological polar surface area (TPSA) is 57.7 Å². The lowest BCUT2D eigenvalue weighted by atomic mass is 10.1. The predicted octanol–water partition coefficient (Wildman–Crippen LogP) is 2.32. The van der Waals surface area contributed by atoms with Crippen molar-refractivity contribution >= 4 is 5.95 Å². The predicted molar refractivity (Wildman–Crippen MR) is 76.7 cm³/mol. The van der Waals surface area contributed by atoms with Gasteiger partial charge in [0.15, 0.2) is 5.82 Å². The van der Waals surface area contributed by atoms with Crippen LogP contribution in [0.2, 0.25) is 0 Å². The molecule has 1 aliphatic heterocycles. The van der Waals surface area contributed by atoms with Gasteiger partial charge in [-0.1, -0.05) is 18.2 Å². The minimum Gasteiger partial charge on any atom is -0.341 e. The summed E-state index contributed by atoms with van der Waals surface area (Å²) in [6.07, 6.45) is 3.93. The van der Waals surface area contributed by atoms with E-state index < -0.39 is 0 Å². The molecule has 1 aliphatic rings. The highest BCUT2D eigenvalue weighted by molar-refractivity contribution is 5.44. The van der Waals surface area contributed by atoms with E-state index in [2.05, 4.69) is 21.2 Å². The normalized spacial score (nSPS) is 15.1. The molecule has 0 bridgehead atoms. The highest BCUT2D eigenvalue weighted by Gasteiger charge is 2.20. The maximum Gasteiger partial charge on any atom is 0.231 e. The number of benzene rings is 1. The molecule has 3 rings (SSSR count). The maximum atomic E-state index is 8.97. The van der Waals surface area contributed by atoms with Crippen LogP contribution in [0.1, 0.15) is 25.1 Å². The van der Waals surface area contributed by atoms with Crippen LogP contribution in [-0.2, 0) is 6.42 Å². The summed E-state index contributed by atoms with van der Waals surface area (Å²) in [6.45, 7) is 2.02. The Morgan fingerprint density at radius 1 is 1.05 bits per heavy atom. The summed E-state index contributed by atoms with van der Waals surface area (Å²) in [4.78, 5) is 2.27. The van der Waals surface area contributed by atoms with Crippen molar-refractivity contribution in [1.82, 2.24) is 14.8 Å². The Morgan fingerprint density at radius 2 is 1.80 bits per heavy atom. The SMILES string of the molecule is N#CCc1nnc(N2CCCCC2)n1-c1ccccc1. The molecule has 5 nitrogen and oxygen atoms in total. The van der Waals surface area contributed by atoms with Gasteiger partial charge in [0.25, 0.3) is 0 Å². The van der Waals surface area contributed by atoms with Gasteiger partial charge < -0.3 is 4.90 Å². The number of hydrogen-bond donors (Lipinski definition) is 0. The van der Waals surface area contributed by atoms with Gasteiger partial charge in [0.1, 0.15) is 0 Å². The molecule has 0 atom stereocenters. The zero-order valence-electron chi connectivity index (χ0n) is 11.4. The van der Waals surface area contributed by atoms with Crippen LogP contribution in [0.4, 0.5) is 5.95 Å². The first-order valence-electron chi connectivity index (χ1n) is 7.02. The largest absolute Gasteiger partial charge is 0.341 e. The van der Waals surface area contributed by atoms with E-state index in [1.807, 2.05) is 34.9 Å². The molecular weight excluding hydrogens is 250 g/mol. The van der Waals surface area contributed by atoms with Gasteiger partial charge in [0, 0.05) is 13.1 Å². The van der Waals surface area contributed by atoms with Gasteiger partial charge in [0.2, 0.25) is 5.95 Å². The van der Waals surface area contributed by atoms with Crippen molar-refractivity contribution in [2.45, 2.75) is 25.7 Å². The summed E-state index contributed by atoms with van der Waals surface area (Å²) < 4.78 is 2.01. The van der Waals surface area contributed by atoms with Gasteiger partial charge in [-0.05, 0) is 31.4 Å². The standard InChI is InChI=1S/C15H17N5/c16-10-9-14-17-18-15(19-11-5-2-6-12-19)20(14)13-7-3-1-4-8-13/h1,3-4,7-8H,2,5-6,9,11-12H2. The molecule has 0 radical (unpaired) electrons. The molecule has 2 heterocycles. The molecule has 0 saturated carbocycles. The molecule has 1 saturated heterocycles. The van der Waals surface area contributed by atoms with E-state index in [0.717, 1.165) is 24.7 Å². The van der Waals surface area contributed by atoms with Crippen molar-refractivity contribution in [3.8, 4) is 11.8 Å². The summed E-state index contributed by atoms with van der Waals surface area (Å²) in [6, 6.07) is 12.2. The number of rotatable bonds is 3. The third-order valence-electron chi connectivity index (χ3n) is 3.60. The summed E-state index contributed by atoms with van der Waals surface area (Å²) in [5.41, 5.74) is 1.02. The van der Waals surface area contributed by atoms with Crippen molar-refractivity contribution in [2.75, 3.05) is 18.0 Å². The van der Waals surface area contributed by atoms with Crippen LogP contribution in [0, 0.1) is 11.3 Å². The van der Waals surface area contributed by atoms with Gasteiger partial charge in [-0.15, -0.1) is 10.2 Å². The first kappa shape index (κ1) is 12.7. The number of nitrogens with zero attached hydrogens (tertiary/aromatic N) is 5. The van der Waals surface area contributed by atoms with Crippen molar-refractivity contribution < 1.29 is 0 Å². The maximum absolute atomic E-state index is 8.97. The minimum atomic E-state index is 0.274. The fourth-order valence-electron chi connectivity index (χ4n) is 2.63. The molecule has 0 N–H and O–H groups in total. The van der Waals surface area contributed by atoms with E-state index in [-0.39, 0.29) is 6.42 Å². The van der Waals surface area contributed by atoms with Gasteiger partial charge in [-0.2, -0.15) is 5.26 Å². The number of anilines is 1. The number of piperidine rings is 1. The Balaban J connectivity index is 2.04. The van der Waals surface area contributed by atoms with Crippen LogP contribution >= 0.6 is 0 Å².